The van der Waals surface area contributed by atoms with Crippen molar-refractivity contribution in [2.75, 3.05) is 26.2 Å². The number of rotatable bonds is 4. The molecule has 0 unspecified atom stereocenters. The number of carbonyl (C=O) groups excluding carboxylic acids is 1. The summed E-state index contributed by atoms with van der Waals surface area (Å²) < 4.78 is 29.7. The van der Waals surface area contributed by atoms with E-state index in [1.54, 1.807) is 11.0 Å². The third-order valence-corrected chi connectivity index (χ3v) is 7.71. The van der Waals surface area contributed by atoms with E-state index in [9.17, 15) is 13.2 Å². The fraction of sp³-hybridized carbons (Fsp3) is 0.565. The van der Waals surface area contributed by atoms with Crippen molar-refractivity contribution in [3.05, 3.63) is 46.8 Å². The van der Waals surface area contributed by atoms with Crippen LogP contribution in [0.5, 0.6) is 0 Å². The molecule has 1 fully saturated rings. The van der Waals surface area contributed by atoms with Gasteiger partial charge >= 0.3 is 0 Å². The lowest BCUT2D eigenvalue weighted by molar-refractivity contribution is 0.0690. The van der Waals surface area contributed by atoms with E-state index in [1.165, 1.54) is 4.31 Å². The van der Waals surface area contributed by atoms with Crippen LogP contribution in [0.3, 0.4) is 0 Å². The van der Waals surface area contributed by atoms with Crippen molar-refractivity contribution < 1.29 is 13.2 Å². The lowest BCUT2D eigenvalue weighted by atomic mass is 10.1. The Morgan fingerprint density at radius 3 is 2.16 bits per heavy atom. The molecule has 8 heteroatoms. The Morgan fingerprint density at radius 2 is 1.65 bits per heavy atom. The SMILES string of the molecule is Cc1ccc(C)c(S(=O)(=O)N2CCN(C(=O)c3cc(C(C)C)n(C(C)(C)C)n3)CC2)c1. The van der Waals surface area contributed by atoms with Gasteiger partial charge in [-0.1, -0.05) is 26.0 Å². The molecular formula is C23H34N4O3S. The van der Waals surface area contributed by atoms with Crippen LogP contribution in [0.15, 0.2) is 29.2 Å². The zero-order chi connectivity index (χ0) is 23.1. The van der Waals surface area contributed by atoms with Gasteiger partial charge in [-0.3, -0.25) is 9.48 Å². The Kier molecular flexibility index (Phi) is 6.35. The topological polar surface area (TPSA) is 75.5 Å². The summed E-state index contributed by atoms with van der Waals surface area (Å²) in [6.07, 6.45) is 0. The van der Waals surface area contributed by atoms with E-state index in [0.29, 0.717) is 23.7 Å². The summed E-state index contributed by atoms with van der Waals surface area (Å²) in [5, 5.41) is 4.61. The number of carbonyl (C=O) groups is 1. The predicted molar refractivity (Wildman–Crippen MR) is 122 cm³/mol. The number of amides is 1. The first-order valence-electron chi connectivity index (χ1n) is 10.8. The van der Waals surface area contributed by atoms with Gasteiger partial charge in [0.2, 0.25) is 10.0 Å². The molecule has 0 radical (unpaired) electrons. The summed E-state index contributed by atoms with van der Waals surface area (Å²) in [5.74, 6) is 0.0986. The van der Waals surface area contributed by atoms with Crippen LogP contribution in [-0.2, 0) is 15.6 Å². The first-order valence-corrected chi connectivity index (χ1v) is 12.2. The van der Waals surface area contributed by atoms with Crippen molar-refractivity contribution in [1.29, 1.82) is 0 Å². The van der Waals surface area contributed by atoms with Gasteiger partial charge in [0.1, 0.15) is 0 Å². The molecule has 0 N–H and O–H groups in total. The molecule has 7 nitrogen and oxygen atoms in total. The number of nitrogens with zero attached hydrogens (tertiary/aromatic N) is 4. The number of aromatic nitrogens is 2. The van der Waals surface area contributed by atoms with Crippen molar-refractivity contribution in [3.8, 4) is 0 Å². The number of aryl methyl sites for hydroxylation is 2. The fourth-order valence-electron chi connectivity index (χ4n) is 3.87. The molecule has 1 aromatic heterocycles. The normalized spacial score (nSPS) is 16.2. The quantitative estimate of drug-likeness (QED) is 0.720. The lowest BCUT2D eigenvalue weighted by Crippen LogP contribution is -2.50. The number of benzene rings is 1. The highest BCUT2D eigenvalue weighted by Crippen LogP contribution is 2.25. The fourth-order valence-corrected chi connectivity index (χ4v) is 5.60. The van der Waals surface area contributed by atoms with Crippen LogP contribution in [0.2, 0.25) is 0 Å². The van der Waals surface area contributed by atoms with E-state index < -0.39 is 10.0 Å². The zero-order valence-corrected chi connectivity index (χ0v) is 20.5. The van der Waals surface area contributed by atoms with Crippen LogP contribution in [-0.4, -0.2) is 59.5 Å². The van der Waals surface area contributed by atoms with Crippen molar-refractivity contribution in [2.24, 2.45) is 0 Å². The predicted octanol–water partition coefficient (Wildman–Crippen LogP) is 3.53. The Balaban J connectivity index is 1.77. The molecule has 1 aliphatic heterocycles. The Bertz CT molecular complexity index is 1070. The molecule has 1 aliphatic rings. The molecule has 2 aromatic rings. The summed E-state index contributed by atoms with van der Waals surface area (Å²) in [6, 6.07) is 7.33. The number of sulfonamides is 1. The van der Waals surface area contributed by atoms with E-state index in [0.717, 1.165) is 16.8 Å². The first kappa shape index (κ1) is 23.5. The first-order chi connectivity index (χ1) is 14.3. The largest absolute Gasteiger partial charge is 0.335 e. The van der Waals surface area contributed by atoms with Crippen molar-refractivity contribution in [1.82, 2.24) is 19.0 Å². The smallest absolute Gasteiger partial charge is 0.274 e. The second-order valence-electron chi connectivity index (χ2n) is 9.66. The van der Waals surface area contributed by atoms with Crippen LogP contribution >= 0.6 is 0 Å². The van der Waals surface area contributed by atoms with Gasteiger partial charge in [0.15, 0.2) is 5.69 Å². The minimum Gasteiger partial charge on any atom is -0.335 e. The molecule has 1 aromatic carbocycles. The Hall–Kier alpha value is -2.19. The summed E-state index contributed by atoms with van der Waals surface area (Å²) in [6.45, 7) is 15.3. The third kappa shape index (κ3) is 4.70. The van der Waals surface area contributed by atoms with Crippen molar-refractivity contribution in [3.63, 3.8) is 0 Å². The molecule has 31 heavy (non-hydrogen) atoms. The summed E-state index contributed by atoms with van der Waals surface area (Å²) in [5.41, 5.74) is 2.86. The van der Waals surface area contributed by atoms with E-state index in [1.807, 2.05) is 36.7 Å². The molecule has 2 heterocycles. The number of hydrogen-bond acceptors (Lipinski definition) is 4. The highest BCUT2D eigenvalue weighted by Gasteiger charge is 2.33. The van der Waals surface area contributed by atoms with Gasteiger partial charge in [-0.25, -0.2) is 8.42 Å². The van der Waals surface area contributed by atoms with Gasteiger partial charge in [0.05, 0.1) is 10.4 Å². The van der Waals surface area contributed by atoms with Gasteiger partial charge in [-0.2, -0.15) is 9.40 Å². The number of piperazine rings is 1. The lowest BCUT2D eigenvalue weighted by Gasteiger charge is -2.34. The third-order valence-electron chi connectivity index (χ3n) is 5.67. The Labute approximate surface area is 186 Å². The van der Waals surface area contributed by atoms with Gasteiger partial charge in [-0.15, -0.1) is 0 Å². The van der Waals surface area contributed by atoms with Gasteiger partial charge in [-0.05, 0) is 63.8 Å². The summed E-state index contributed by atoms with van der Waals surface area (Å²) in [7, 11) is -3.59. The Morgan fingerprint density at radius 1 is 1.03 bits per heavy atom. The molecule has 0 aliphatic carbocycles. The molecule has 0 saturated carbocycles. The number of hydrogen-bond donors (Lipinski definition) is 0. The molecule has 170 valence electrons. The van der Waals surface area contributed by atoms with Crippen LogP contribution in [0.25, 0.3) is 0 Å². The maximum Gasteiger partial charge on any atom is 0.274 e. The van der Waals surface area contributed by atoms with Crippen LogP contribution in [0.1, 0.15) is 67.8 Å². The van der Waals surface area contributed by atoms with Crippen molar-refractivity contribution in [2.45, 2.75) is 64.8 Å². The minimum atomic E-state index is -3.59. The molecule has 3 rings (SSSR count). The molecule has 0 bridgehead atoms. The summed E-state index contributed by atoms with van der Waals surface area (Å²) in [4.78, 5) is 15.2. The van der Waals surface area contributed by atoms with Gasteiger partial charge < -0.3 is 4.90 Å². The molecule has 0 spiro atoms. The average Bonchev–Trinajstić information content (AvgIpc) is 3.15. The maximum atomic E-state index is 13.1. The molecular weight excluding hydrogens is 412 g/mol. The highest BCUT2D eigenvalue weighted by atomic mass is 32.2. The summed E-state index contributed by atoms with van der Waals surface area (Å²) >= 11 is 0. The van der Waals surface area contributed by atoms with E-state index in [4.69, 9.17) is 0 Å². The zero-order valence-electron chi connectivity index (χ0n) is 19.6. The highest BCUT2D eigenvalue weighted by molar-refractivity contribution is 7.89. The monoisotopic (exact) mass is 446 g/mol. The molecule has 0 atom stereocenters. The van der Waals surface area contributed by atoms with E-state index >= 15 is 0 Å². The molecule has 1 saturated heterocycles. The van der Waals surface area contributed by atoms with Crippen LogP contribution in [0.4, 0.5) is 0 Å². The van der Waals surface area contributed by atoms with E-state index in [2.05, 4.69) is 39.7 Å². The second-order valence-corrected chi connectivity index (χ2v) is 11.6. The average molecular weight is 447 g/mol. The maximum absolute atomic E-state index is 13.1. The minimum absolute atomic E-state index is 0.145. The second kappa shape index (κ2) is 8.39. The van der Waals surface area contributed by atoms with Gasteiger partial charge in [0.25, 0.3) is 5.91 Å². The van der Waals surface area contributed by atoms with Crippen molar-refractivity contribution >= 4 is 15.9 Å². The van der Waals surface area contributed by atoms with Crippen LogP contribution in [0, 0.1) is 13.8 Å². The molecule has 1 amide bonds. The van der Waals surface area contributed by atoms with Crippen LogP contribution < -0.4 is 0 Å². The van der Waals surface area contributed by atoms with E-state index in [-0.39, 0.29) is 30.5 Å². The van der Waals surface area contributed by atoms with Gasteiger partial charge in [0, 0.05) is 31.9 Å². The standard InChI is InChI=1S/C23H34N4O3S/c1-16(2)20-15-19(24-27(20)23(5,6)7)22(28)25-10-12-26(13-11-25)31(29,30)21-14-17(3)8-9-18(21)4/h8-9,14-16H,10-13H2,1-7H3.